The summed E-state index contributed by atoms with van der Waals surface area (Å²) in [5.41, 5.74) is 7.20. The predicted octanol–water partition coefficient (Wildman–Crippen LogP) is 6.19. The van der Waals surface area contributed by atoms with Crippen molar-refractivity contribution >= 4 is 34.1 Å². The molecule has 8 heteroatoms. The number of para-hydroxylation sites is 1. The number of carbonyl (C=O) groups excluding carboxylic acids is 1. The Balaban J connectivity index is 1.51. The van der Waals surface area contributed by atoms with Crippen LogP contribution in [0.3, 0.4) is 0 Å². The molecule has 0 fully saturated rings. The SMILES string of the molecule is CCn1cc(-c2cc(C(=O)Nc3c(C)nn(Cc4cccc(Cl)c4)c3C)c3ccccc3n2)c(C)n1. The van der Waals surface area contributed by atoms with E-state index in [1.54, 1.807) is 0 Å². The molecule has 2 aromatic carbocycles. The summed E-state index contributed by atoms with van der Waals surface area (Å²) in [6.07, 6.45) is 1.97. The molecule has 3 aromatic heterocycles. The third kappa shape index (κ3) is 4.50. The largest absolute Gasteiger partial charge is 0.319 e. The second-order valence-electron chi connectivity index (χ2n) is 8.84. The minimum atomic E-state index is -0.205. The topological polar surface area (TPSA) is 77.6 Å². The molecule has 0 aliphatic rings. The van der Waals surface area contributed by atoms with Gasteiger partial charge < -0.3 is 5.32 Å². The molecule has 0 atom stereocenters. The van der Waals surface area contributed by atoms with Gasteiger partial charge in [0.1, 0.15) is 0 Å². The zero-order valence-corrected chi connectivity index (χ0v) is 21.5. The molecule has 0 spiro atoms. The summed E-state index contributed by atoms with van der Waals surface area (Å²) in [5, 5.41) is 13.8. The number of pyridine rings is 1. The molecular formula is C28H27ClN6O. The van der Waals surface area contributed by atoms with E-state index in [4.69, 9.17) is 16.6 Å². The fraction of sp³-hybridized carbons (Fsp3) is 0.214. The summed E-state index contributed by atoms with van der Waals surface area (Å²) in [6, 6.07) is 17.2. The molecule has 36 heavy (non-hydrogen) atoms. The highest BCUT2D eigenvalue weighted by Crippen LogP contribution is 2.28. The normalized spacial score (nSPS) is 11.2. The Morgan fingerprint density at radius 3 is 2.56 bits per heavy atom. The standard InChI is InChI=1S/C28H27ClN6O/c1-5-34-16-24(17(2)32-34)26-14-23(22-11-6-7-12-25(22)30-26)28(36)31-27-18(3)33-35(19(27)4)15-20-9-8-10-21(29)13-20/h6-14,16H,5,15H2,1-4H3,(H,31,36). The maximum atomic E-state index is 13.7. The van der Waals surface area contributed by atoms with Crippen LogP contribution in [0.2, 0.25) is 5.02 Å². The zero-order valence-electron chi connectivity index (χ0n) is 20.7. The first-order chi connectivity index (χ1) is 17.3. The summed E-state index contributed by atoms with van der Waals surface area (Å²) in [5.74, 6) is -0.205. The van der Waals surface area contributed by atoms with Crippen LogP contribution in [0.1, 0.15) is 39.9 Å². The number of rotatable bonds is 6. The van der Waals surface area contributed by atoms with Crippen LogP contribution in [0.4, 0.5) is 5.69 Å². The molecule has 0 saturated heterocycles. The molecule has 1 amide bonds. The second-order valence-corrected chi connectivity index (χ2v) is 9.28. The zero-order chi connectivity index (χ0) is 25.4. The van der Waals surface area contributed by atoms with E-state index in [0.717, 1.165) is 51.4 Å². The lowest BCUT2D eigenvalue weighted by atomic mass is 10.0. The summed E-state index contributed by atoms with van der Waals surface area (Å²) in [4.78, 5) is 18.5. The molecular weight excluding hydrogens is 472 g/mol. The number of hydrogen-bond acceptors (Lipinski definition) is 4. The van der Waals surface area contributed by atoms with Crippen molar-refractivity contribution in [2.75, 3.05) is 5.32 Å². The van der Waals surface area contributed by atoms with Crippen LogP contribution in [-0.4, -0.2) is 30.5 Å². The summed E-state index contributed by atoms with van der Waals surface area (Å²) >= 11 is 6.15. The van der Waals surface area contributed by atoms with Crippen LogP contribution in [0.5, 0.6) is 0 Å². The van der Waals surface area contributed by atoms with Gasteiger partial charge in [0.25, 0.3) is 5.91 Å². The van der Waals surface area contributed by atoms with Crippen molar-refractivity contribution < 1.29 is 4.79 Å². The van der Waals surface area contributed by atoms with Gasteiger partial charge >= 0.3 is 0 Å². The fourth-order valence-corrected chi connectivity index (χ4v) is 4.67. The van der Waals surface area contributed by atoms with Gasteiger partial charge in [-0.2, -0.15) is 10.2 Å². The number of carbonyl (C=O) groups is 1. The van der Waals surface area contributed by atoms with E-state index >= 15 is 0 Å². The van der Waals surface area contributed by atoms with Crippen LogP contribution >= 0.6 is 11.6 Å². The van der Waals surface area contributed by atoms with Crippen molar-refractivity contribution in [3.8, 4) is 11.3 Å². The summed E-state index contributed by atoms with van der Waals surface area (Å²) < 4.78 is 3.76. The first-order valence-corrected chi connectivity index (χ1v) is 12.3. The molecule has 0 bridgehead atoms. The molecule has 0 unspecified atom stereocenters. The number of nitrogens with one attached hydrogen (secondary N) is 1. The van der Waals surface area contributed by atoms with Crippen molar-refractivity contribution in [1.29, 1.82) is 0 Å². The highest BCUT2D eigenvalue weighted by Gasteiger charge is 2.20. The van der Waals surface area contributed by atoms with Gasteiger partial charge in [-0.05, 0) is 57.5 Å². The number of benzene rings is 2. The van der Waals surface area contributed by atoms with E-state index in [-0.39, 0.29) is 5.91 Å². The Hall–Kier alpha value is -3.97. The van der Waals surface area contributed by atoms with Crippen LogP contribution in [0.15, 0.2) is 60.8 Å². The highest BCUT2D eigenvalue weighted by molar-refractivity contribution is 6.30. The van der Waals surface area contributed by atoms with E-state index in [0.29, 0.717) is 22.8 Å². The molecule has 0 aliphatic heterocycles. The van der Waals surface area contributed by atoms with Gasteiger partial charge in [0, 0.05) is 28.7 Å². The molecule has 182 valence electrons. The van der Waals surface area contributed by atoms with E-state index in [1.165, 1.54) is 0 Å². The molecule has 1 N–H and O–H groups in total. The average Bonchev–Trinajstić information content (AvgIpc) is 3.37. The molecule has 0 saturated carbocycles. The number of aromatic nitrogens is 5. The Morgan fingerprint density at radius 2 is 1.81 bits per heavy atom. The average molecular weight is 499 g/mol. The first-order valence-electron chi connectivity index (χ1n) is 11.9. The van der Waals surface area contributed by atoms with Crippen molar-refractivity contribution in [3.63, 3.8) is 0 Å². The minimum absolute atomic E-state index is 0.205. The number of hydrogen-bond donors (Lipinski definition) is 1. The van der Waals surface area contributed by atoms with E-state index < -0.39 is 0 Å². The van der Waals surface area contributed by atoms with Crippen molar-refractivity contribution in [2.24, 2.45) is 0 Å². The molecule has 5 rings (SSSR count). The van der Waals surface area contributed by atoms with Crippen LogP contribution in [-0.2, 0) is 13.1 Å². The van der Waals surface area contributed by atoms with E-state index in [1.807, 2.05) is 97.9 Å². The van der Waals surface area contributed by atoms with Gasteiger partial charge in [0.2, 0.25) is 0 Å². The van der Waals surface area contributed by atoms with Crippen molar-refractivity contribution in [2.45, 2.75) is 40.8 Å². The Bertz CT molecular complexity index is 1600. The summed E-state index contributed by atoms with van der Waals surface area (Å²) in [6.45, 7) is 9.18. The molecule has 3 heterocycles. The number of anilines is 1. The number of halogens is 1. The Morgan fingerprint density at radius 1 is 1.00 bits per heavy atom. The maximum Gasteiger partial charge on any atom is 0.256 e. The summed E-state index contributed by atoms with van der Waals surface area (Å²) in [7, 11) is 0. The Kier molecular flexibility index (Phi) is 6.33. The molecule has 5 aromatic rings. The Labute approximate surface area is 214 Å². The minimum Gasteiger partial charge on any atom is -0.319 e. The van der Waals surface area contributed by atoms with Crippen LogP contribution in [0.25, 0.3) is 22.2 Å². The fourth-order valence-electron chi connectivity index (χ4n) is 4.45. The van der Waals surface area contributed by atoms with Crippen molar-refractivity contribution in [1.82, 2.24) is 24.5 Å². The lowest BCUT2D eigenvalue weighted by Gasteiger charge is -2.11. The maximum absolute atomic E-state index is 13.7. The molecule has 0 radical (unpaired) electrons. The van der Waals surface area contributed by atoms with Crippen LogP contribution in [0, 0.1) is 20.8 Å². The third-order valence-electron chi connectivity index (χ3n) is 6.35. The number of nitrogens with zero attached hydrogens (tertiary/aromatic N) is 5. The molecule has 7 nitrogen and oxygen atoms in total. The van der Waals surface area contributed by atoms with E-state index in [2.05, 4.69) is 15.5 Å². The van der Waals surface area contributed by atoms with Gasteiger partial charge in [0.05, 0.1) is 46.1 Å². The van der Waals surface area contributed by atoms with E-state index in [9.17, 15) is 4.79 Å². The molecule has 0 aliphatic carbocycles. The highest BCUT2D eigenvalue weighted by atomic mass is 35.5. The van der Waals surface area contributed by atoms with Crippen LogP contribution < -0.4 is 5.32 Å². The number of amides is 1. The smallest absolute Gasteiger partial charge is 0.256 e. The number of fused-ring (bicyclic) bond motifs is 1. The quantitative estimate of drug-likeness (QED) is 0.302. The lowest BCUT2D eigenvalue weighted by molar-refractivity contribution is 0.102. The van der Waals surface area contributed by atoms with Gasteiger partial charge in [-0.1, -0.05) is 41.9 Å². The number of aryl methyl sites for hydroxylation is 3. The lowest BCUT2D eigenvalue weighted by Crippen LogP contribution is -2.14. The first kappa shape index (κ1) is 23.8. The van der Waals surface area contributed by atoms with Gasteiger partial charge in [0.15, 0.2) is 0 Å². The third-order valence-corrected chi connectivity index (χ3v) is 6.58. The van der Waals surface area contributed by atoms with Gasteiger partial charge in [-0.25, -0.2) is 4.98 Å². The van der Waals surface area contributed by atoms with Crippen molar-refractivity contribution in [3.05, 3.63) is 94.0 Å². The van der Waals surface area contributed by atoms with Gasteiger partial charge in [-0.3, -0.25) is 14.2 Å². The predicted molar refractivity (Wildman–Crippen MR) is 144 cm³/mol. The second kappa shape index (κ2) is 9.59. The van der Waals surface area contributed by atoms with Gasteiger partial charge in [-0.15, -0.1) is 0 Å². The monoisotopic (exact) mass is 498 g/mol.